The molecule has 2 heteroatoms. The molecule has 16 heavy (non-hydrogen) atoms. The van der Waals surface area contributed by atoms with Gasteiger partial charge in [0.25, 0.3) is 0 Å². The maximum absolute atomic E-state index is 4.72. The number of nitrogens with one attached hydrogen (secondary N) is 1. The van der Waals surface area contributed by atoms with Crippen LogP contribution in [0.25, 0.3) is 10.9 Å². The number of fused-ring (bicyclic) bond motifs is 3. The zero-order chi connectivity index (χ0) is 11.1. The fourth-order valence-corrected chi connectivity index (χ4v) is 2.58. The molecule has 0 amide bonds. The van der Waals surface area contributed by atoms with Crippen molar-refractivity contribution < 1.29 is 0 Å². The Kier molecular flexibility index (Phi) is 2.10. The average molecular weight is 212 g/mol. The van der Waals surface area contributed by atoms with Gasteiger partial charge < -0.3 is 4.98 Å². The van der Waals surface area contributed by atoms with E-state index in [1.807, 2.05) is 0 Å². The average Bonchev–Trinajstić information content (AvgIpc) is 2.68. The highest BCUT2D eigenvalue weighted by Gasteiger charge is 2.21. The molecule has 82 valence electrons. The molecule has 1 aliphatic heterocycles. The van der Waals surface area contributed by atoms with Crippen LogP contribution in [-0.4, -0.2) is 16.7 Å². The molecule has 0 saturated heterocycles. The first-order valence-electron chi connectivity index (χ1n) is 5.94. The quantitative estimate of drug-likeness (QED) is 0.751. The lowest BCUT2D eigenvalue weighted by Gasteiger charge is -2.18. The number of hydrogen-bond acceptors (Lipinski definition) is 1. The van der Waals surface area contributed by atoms with Crippen LogP contribution in [0.2, 0.25) is 0 Å². The molecule has 3 rings (SSSR count). The lowest BCUT2D eigenvalue weighted by Crippen LogP contribution is -2.18. The van der Waals surface area contributed by atoms with Crippen LogP contribution in [0.1, 0.15) is 31.5 Å². The first kappa shape index (κ1) is 9.64. The molecule has 0 aliphatic carbocycles. The van der Waals surface area contributed by atoms with Crippen molar-refractivity contribution in [1.82, 2.24) is 4.98 Å². The molecular formula is C14H16N2. The highest BCUT2D eigenvalue weighted by Crippen LogP contribution is 2.28. The second kappa shape index (κ2) is 3.48. The molecule has 1 unspecified atom stereocenters. The topological polar surface area (TPSA) is 28.1 Å². The van der Waals surface area contributed by atoms with E-state index in [1.54, 1.807) is 0 Å². The van der Waals surface area contributed by atoms with Gasteiger partial charge in [0.15, 0.2) is 0 Å². The van der Waals surface area contributed by atoms with Crippen molar-refractivity contribution in [2.24, 2.45) is 4.99 Å². The van der Waals surface area contributed by atoms with Gasteiger partial charge >= 0.3 is 0 Å². The molecule has 0 bridgehead atoms. The monoisotopic (exact) mass is 212 g/mol. The predicted octanol–water partition coefficient (Wildman–Crippen LogP) is 3.31. The number of aromatic nitrogens is 1. The van der Waals surface area contributed by atoms with Crippen molar-refractivity contribution in [2.45, 2.75) is 32.7 Å². The Balaban J connectivity index is 2.24. The molecule has 1 aromatic carbocycles. The van der Waals surface area contributed by atoms with Crippen LogP contribution in [0.3, 0.4) is 0 Å². The molecular weight excluding hydrogens is 196 g/mol. The number of benzene rings is 1. The van der Waals surface area contributed by atoms with E-state index in [-0.39, 0.29) is 0 Å². The van der Waals surface area contributed by atoms with Gasteiger partial charge in [-0.1, -0.05) is 25.1 Å². The van der Waals surface area contributed by atoms with Crippen LogP contribution < -0.4 is 0 Å². The maximum Gasteiger partial charge on any atom is 0.0635 e. The van der Waals surface area contributed by atoms with Crippen LogP contribution in [0.5, 0.6) is 0 Å². The summed E-state index contributed by atoms with van der Waals surface area (Å²) in [6.07, 6.45) is 2.20. The summed E-state index contributed by atoms with van der Waals surface area (Å²) in [6.45, 7) is 4.32. The summed E-state index contributed by atoms with van der Waals surface area (Å²) in [4.78, 5) is 8.20. The van der Waals surface area contributed by atoms with Crippen molar-refractivity contribution >= 4 is 16.6 Å². The molecule has 1 atom stereocenters. The van der Waals surface area contributed by atoms with E-state index in [9.17, 15) is 0 Å². The smallest absolute Gasteiger partial charge is 0.0635 e. The van der Waals surface area contributed by atoms with Gasteiger partial charge in [-0.15, -0.1) is 0 Å². The van der Waals surface area contributed by atoms with E-state index in [0.717, 1.165) is 18.6 Å². The molecule has 0 radical (unpaired) electrons. The van der Waals surface area contributed by atoms with Crippen molar-refractivity contribution in [2.75, 3.05) is 0 Å². The standard InChI is InChI=1S/C14H16N2/c1-3-10-8-12-11-6-4-5-7-13(11)16-14(12)9(2)15-10/h4-7,10,16H,3,8H2,1-2H3. The Morgan fingerprint density at radius 1 is 1.38 bits per heavy atom. The van der Waals surface area contributed by atoms with Gasteiger partial charge in [-0.3, -0.25) is 4.99 Å². The number of aliphatic imine (C=N–C) groups is 1. The van der Waals surface area contributed by atoms with Crippen LogP contribution in [-0.2, 0) is 6.42 Å². The molecule has 0 spiro atoms. The zero-order valence-electron chi connectivity index (χ0n) is 9.75. The minimum atomic E-state index is 0.465. The molecule has 0 fully saturated rings. The first-order valence-corrected chi connectivity index (χ1v) is 5.94. The third-order valence-corrected chi connectivity index (χ3v) is 3.46. The zero-order valence-corrected chi connectivity index (χ0v) is 9.75. The first-order chi connectivity index (χ1) is 7.79. The predicted molar refractivity (Wildman–Crippen MR) is 68.3 cm³/mol. The van der Waals surface area contributed by atoms with E-state index in [0.29, 0.717) is 6.04 Å². The molecule has 1 aliphatic rings. The number of hydrogen-bond donors (Lipinski definition) is 1. The Morgan fingerprint density at radius 2 is 2.19 bits per heavy atom. The highest BCUT2D eigenvalue weighted by atomic mass is 14.9. The lowest BCUT2D eigenvalue weighted by atomic mass is 9.96. The van der Waals surface area contributed by atoms with E-state index in [2.05, 4.69) is 43.1 Å². The fourth-order valence-electron chi connectivity index (χ4n) is 2.58. The van der Waals surface area contributed by atoms with Gasteiger partial charge in [0.05, 0.1) is 17.4 Å². The van der Waals surface area contributed by atoms with Gasteiger partial charge in [0, 0.05) is 10.9 Å². The number of para-hydroxylation sites is 1. The van der Waals surface area contributed by atoms with Crippen molar-refractivity contribution in [3.05, 3.63) is 35.5 Å². The largest absolute Gasteiger partial charge is 0.353 e. The number of rotatable bonds is 1. The third-order valence-electron chi connectivity index (χ3n) is 3.46. The van der Waals surface area contributed by atoms with Gasteiger partial charge in [-0.25, -0.2) is 0 Å². The van der Waals surface area contributed by atoms with E-state index < -0.39 is 0 Å². The number of nitrogens with zero attached hydrogens (tertiary/aromatic N) is 1. The minimum absolute atomic E-state index is 0.465. The second-order valence-electron chi connectivity index (χ2n) is 4.50. The molecule has 1 N–H and O–H groups in total. The summed E-state index contributed by atoms with van der Waals surface area (Å²) >= 11 is 0. The van der Waals surface area contributed by atoms with Crippen molar-refractivity contribution in [3.8, 4) is 0 Å². The van der Waals surface area contributed by atoms with E-state index in [1.165, 1.54) is 22.2 Å². The van der Waals surface area contributed by atoms with Crippen LogP contribution in [0.15, 0.2) is 29.3 Å². The lowest BCUT2D eigenvalue weighted by molar-refractivity contribution is 0.641. The molecule has 1 aromatic heterocycles. The van der Waals surface area contributed by atoms with Gasteiger partial charge in [-0.2, -0.15) is 0 Å². The van der Waals surface area contributed by atoms with Gasteiger partial charge in [0.2, 0.25) is 0 Å². The van der Waals surface area contributed by atoms with Crippen LogP contribution in [0, 0.1) is 0 Å². The molecule has 2 aromatic rings. The maximum atomic E-state index is 4.72. The Morgan fingerprint density at radius 3 is 3.00 bits per heavy atom. The highest BCUT2D eigenvalue weighted by molar-refractivity contribution is 6.05. The SMILES string of the molecule is CCC1Cc2c([nH]c3ccccc23)C(C)=N1. The van der Waals surface area contributed by atoms with E-state index in [4.69, 9.17) is 4.99 Å². The van der Waals surface area contributed by atoms with Gasteiger partial charge in [-0.05, 0) is 31.4 Å². The Hall–Kier alpha value is -1.57. The Bertz CT molecular complexity index is 563. The molecule has 0 saturated carbocycles. The van der Waals surface area contributed by atoms with E-state index >= 15 is 0 Å². The fraction of sp³-hybridized carbons (Fsp3) is 0.357. The molecule has 2 nitrogen and oxygen atoms in total. The normalized spacial score (nSPS) is 19.6. The summed E-state index contributed by atoms with van der Waals surface area (Å²) in [7, 11) is 0. The summed E-state index contributed by atoms with van der Waals surface area (Å²) < 4.78 is 0. The van der Waals surface area contributed by atoms with Crippen molar-refractivity contribution in [1.29, 1.82) is 0 Å². The molecule has 2 heterocycles. The van der Waals surface area contributed by atoms with Crippen molar-refractivity contribution in [3.63, 3.8) is 0 Å². The number of aromatic amines is 1. The minimum Gasteiger partial charge on any atom is -0.353 e. The summed E-state index contributed by atoms with van der Waals surface area (Å²) in [5, 5.41) is 1.37. The van der Waals surface area contributed by atoms with Crippen LogP contribution >= 0.6 is 0 Å². The summed E-state index contributed by atoms with van der Waals surface area (Å²) in [6, 6.07) is 9.00. The summed E-state index contributed by atoms with van der Waals surface area (Å²) in [5.74, 6) is 0. The number of H-pyrrole nitrogens is 1. The van der Waals surface area contributed by atoms with Gasteiger partial charge in [0.1, 0.15) is 0 Å². The summed E-state index contributed by atoms with van der Waals surface area (Å²) in [5.41, 5.74) is 5.09. The second-order valence-corrected chi connectivity index (χ2v) is 4.50. The Labute approximate surface area is 95.4 Å². The third kappa shape index (κ3) is 1.29. The van der Waals surface area contributed by atoms with Crippen LogP contribution in [0.4, 0.5) is 0 Å².